The van der Waals surface area contributed by atoms with Crippen molar-refractivity contribution in [2.75, 3.05) is 6.54 Å². The van der Waals surface area contributed by atoms with Gasteiger partial charge in [0.05, 0.1) is 30.3 Å². The number of aliphatic hydroxyl groups excluding tert-OH is 4. The number of hydrogen-bond donors (Lipinski definition) is 9. The average Bonchev–Trinajstić information content (AvgIpc) is 3.51. The Balaban J connectivity index is 1.35. The van der Waals surface area contributed by atoms with Crippen molar-refractivity contribution in [2.24, 2.45) is 41.4 Å². The summed E-state index contributed by atoms with van der Waals surface area (Å²) in [5, 5.41) is 65.7. The summed E-state index contributed by atoms with van der Waals surface area (Å²) in [5.41, 5.74) is 3.46. The zero-order chi connectivity index (χ0) is 57.6. The molecule has 15 atom stereocenters. The Morgan fingerprint density at radius 2 is 1.73 bits per heavy atom. The molecular formula is C59H88N6O13. The van der Waals surface area contributed by atoms with Gasteiger partial charge in [0.2, 0.25) is 23.6 Å². The Kier molecular flexibility index (Phi) is 23.4. The number of hydrazine groups is 1. The fourth-order valence-electron chi connectivity index (χ4n) is 10.8. The number of ether oxygens (including phenoxy) is 2. The number of cyclic esters (lactones) is 1. The molecule has 4 aliphatic heterocycles. The molecule has 2 saturated heterocycles. The smallest absolute Gasteiger partial charge is 0.325 e. The number of Topliss-reactive ketones (excluding diaryl/α,β-unsaturated/α-hetero) is 1. The minimum Gasteiger partial charge on any atom is -0.512 e. The second-order valence-electron chi connectivity index (χ2n) is 22.6. The first kappa shape index (κ1) is 63.1. The van der Waals surface area contributed by atoms with Crippen LogP contribution < -0.4 is 21.4 Å². The monoisotopic (exact) mass is 1090 g/mol. The zero-order valence-electron chi connectivity index (χ0n) is 47.3. The summed E-state index contributed by atoms with van der Waals surface area (Å²) in [7, 11) is 0. The van der Waals surface area contributed by atoms with Crippen LogP contribution in [0.15, 0.2) is 77.6 Å². The lowest BCUT2D eigenvalue weighted by molar-refractivity contribution is -0.185. The molecule has 432 valence electrons. The summed E-state index contributed by atoms with van der Waals surface area (Å²) in [6.07, 6.45) is 10.9. The van der Waals surface area contributed by atoms with E-state index in [4.69, 9.17) is 9.47 Å². The van der Waals surface area contributed by atoms with Crippen molar-refractivity contribution in [1.29, 1.82) is 0 Å². The Bertz CT molecular complexity index is 2420. The van der Waals surface area contributed by atoms with E-state index in [9.17, 15) is 54.3 Å². The maximum Gasteiger partial charge on any atom is 0.325 e. The third-order valence-electron chi connectivity index (χ3n) is 16.3. The van der Waals surface area contributed by atoms with E-state index < -0.39 is 95.8 Å². The van der Waals surface area contributed by atoms with Crippen LogP contribution in [0.1, 0.15) is 139 Å². The Labute approximate surface area is 460 Å². The molecule has 1 spiro atoms. The highest BCUT2D eigenvalue weighted by Crippen LogP contribution is 2.45. The quantitative estimate of drug-likeness (QED) is 0.0759. The van der Waals surface area contributed by atoms with E-state index in [0.717, 1.165) is 0 Å². The molecule has 4 amide bonds. The van der Waals surface area contributed by atoms with E-state index in [1.807, 2.05) is 52.8 Å². The van der Waals surface area contributed by atoms with E-state index >= 15 is 0 Å². The van der Waals surface area contributed by atoms with Gasteiger partial charge in [-0.05, 0) is 89.2 Å². The lowest BCUT2D eigenvalue weighted by Crippen LogP contribution is -2.65. The predicted octanol–water partition coefficient (Wildman–Crippen LogP) is 5.64. The molecule has 19 nitrogen and oxygen atoms in total. The topological polar surface area (TPSA) is 286 Å². The molecule has 0 saturated carbocycles. The van der Waals surface area contributed by atoms with Crippen LogP contribution in [0.4, 0.5) is 0 Å². The second kappa shape index (κ2) is 28.9. The van der Waals surface area contributed by atoms with Gasteiger partial charge in [-0.3, -0.25) is 29.0 Å². The van der Waals surface area contributed by atoms with Gasteiger partial charge in [-0.1, -0.05) is 97.1 Å². The average molecular weight is 1090 g/mol. The van der Waals surface area contributed by atoms with E-state index in [2.05, 4.69) is 26.4 Å². The number of carbonyl (C=O) groups is 6. The van der Waals surface area contributed by atoms with Gasteiger partial charge in [-0.25, -0.2) is 10.4 Å². The normalized spacial score (nSPS) is 33.1. The lowest BCUT2D eigenvalue weighted by Gasteiger charge is -2.51. The molecular weight excluding hydrogens is 1000 g/mol. The van der Waals surface area contributed by atoms with Crippen LogP contribution in [-0.2, 0) is 44.7 Å². The summed E-state index contributed by atoms with van der Waals surface area (Å²) >= 11 is 0. The van der Waals surface area contributed by atoms with E-state index in [1.165, 1.54) is 24.1 Å². The number of piperidine rings is 1. The Morgan fingerprint density at radius 1 is 1.00 bits per heavy atom. The highest BCUT2D eigenvalue weighted by Gasteiger charge is 2.53. The van der Waals surface area contributed by atoms with Crippen LogP contribution in [0.25, 0.3) is 0 Å². The van der Waals surface area contributed by atoms with Gasteiger partial charge >= 0.3 is 5.97 Å². The third kappa shape index (κ3) is 16.4. The Hall–Kier alpha value is -5.73. The molecule has 5 rings (SSSR count). The standard InChI is InChI=1S/C59H88N6O13/c1-11-41-30-36(6)59(63-54(41)72)40(10)52(70)39(9)49(78-59)32-47(68)34(4)20-14-12-15-21-35(5)48-25-17-13-16-24-46(67)38(8)53(71)43(28-27-37(7)66)55(73)62-51(33(2)3)56(74)61-45(31-42-22-18-26-50(69)60-42)57(75)65-29-19-23-44(64-65)58(76)77-48/h12-13,15-18,21-22,24,26,33-34,36,38-39,41,43-49,51,53,64,67-68,70-71H,11,14,19-20,23,25,27-32H2,1-10H3,(H,60,69)(H,61,74)(H,62,73)(H,63,72)/b15-12+,17-13+,24-16+,35-21+/t34-,36-,38-,39-,41-,43+,44?,45-,46-,47-,48-,49-,51-,53+,59+/m0/s1. The van der Waals surface area contributed by atoms with E-state index in [-0.39, 0.29) is 91.3 Å². The van der Waals surface area contributed by atoms with Gasteiger partial charge in [0, 0.05) is 73.2 Å². The molecule has 4 aliphatic rings. The zero-order valence-corrected chi connectivity index (χ0v) is 47.3. The van der Waals surface area contributed by atoms with Gasteiger partial charge in [0.15, 0.2) is 5.72 Å². The molecule has 0 aromatic carbocycles. The van der Waals surface area contributed by atoms with Crippen molar-refractivity contribution >= 4 is 35.4 Å². The number of aliphatic hydroxyl groups is 4. The number of aromatic nitrogens is 1. The number of pyridine rings is 1. The van der Waals surface area contributed by atoms with Crippen molar-refractivity contribution in [3.63, 3.8) is 0 Å². The SMILES string of the molecule is CC[C@H]1C[C@H](C)[C@@]2(NC1=O)O[C@@H](C[C@H](O)[C@@H](C)CC/C=C/C=C(\C)[C@@H]1C/C=C/C=C/[C@H](O)[C@H](C)[C@@H](O)[C@@H](CCC(C)=O)C(=O)N[C@@H](C(C)C)C(=O)N[C@@H](Cc3cccc(O)n3)C(=O)N3CCCC(N3)C(=O)O1)[C@H](C)C(O)=C2C. The number of hydrogen-bond acceptors (Lipinski definition) is 15. The van der Waals surface area contributed by atoms with Crippen molar-refractivity contribution in [3.8, 4) is 5.88 Å². The highest BCUT2D eigenvalue weighted by atomic mass is 16.5. The van der Waals surface area contributed by atoms with Gasteiger partial charge in [-0.2, -0.15) is 0 Å². The first-order valence-corrected chi connectivity index (χ1v) is 28.0. The van der Waals surface area contributed by atoms with Gasteiger partial charge < -0.3 is 55.8 Å². The highest BCUT2D eigenvalue weighted by molar-refractivity contribution is 5.93. The predicted molar refractivity (Wildman–Crippen MR) is 293 cm³/mol. The number of aromatic hydroxyl groups is 1. The van der Waals surface area contributed by atoms with E-state index in [0.29, 0.717) is 49.7 Å². The van der Waals surface area contributed by atoms with Gasteiger partial charge in [0.25, 0.3) is 5.91 Å². The number of allylic oxidation sites excluding steroid dienone is 5. The summed E-state index contributed by atoms with van der Waals surface area (Å²) < 4.78 is 12.9. The molecule has 5 heterocycles. The number of nitrogens with zero attached hydrogens (tertiary/aromatic N) is 2. The minimum atomic E-state index is -1.44. The maximum atomic E-state index is 14.5. The number of nitrogens with one attached hydrogen (secondary N) is 4. The minimum absolute atomic E-state index is 0.0450. The molecule has 0 radical (unpaired) electrons. The number of ketones is 1. The summed E-state index contributed by atoms with van der Waals surface area (Å²) in [6.45, 7) is 18.0. The lowest BCUT2D eigenvalue weighted by atomic mass is 9.74. The number of amides is 4. The molecule has 19 heteroatoms. The van der Waals surface area contributed by atoms with Crippen molar-refractivity contribution < 1.29 is 63.8 Å². The number of carbonyl (C=O) groups excluding carboxylic acids is 6. The van der Waals surface area contributed by atoms with Crippen LogP contribution in [0, 0.1) is 41.4 Å². The van der Waals surface area contributed by atoms with Gasteiger partial charge in [-0.15, -0.1) is 0 Å². The van der Waals surface area contributed by atoms with Crippen LogP contribution in [0.5, 0.6) is 5.88 Å². The summed E-state index contributed by atoms with van der Waals surface area (Å²) in [4.78, 5) is 86.2. The third-order valence-corrected chi connectivity index (χ3v) is 16.3. The van der Waals surface area contributed by atoms with Crippen LogP contribution in [0.2, 0.25) is 0 Å². The van der Waals surface area contributed by atoms with Crippen LogP contribution in [-0.4, -0.2) is 132 Å². The molecule has 9 N–H and O–H groups in total. The molecule has 2 fully saturated rings. The largest absolute Gasteiger partial charge is 0.512 e. The first-order valence-electron chi connectivity index (χ1n) is 28.0. The number of fused-ring (bicyclic) bond motifs is 2. The summed E-state index contributed by atoms with van der Waals surface area (Å²) in [5.74, 6) is -6.47. The molecule has 1 unspecified atom stereocenters. The van der Waals surface area contributed by atoms with Crippen molar-refractivity contribution in [3.05, 3.63) is 83.3 Å². The second-order valence-corrected chi connectivity index (χ2v) is 22.6. The number of esters is 1. The van der Waals surface area contributed by atoms with Crippen molar-refractivity contribution in [1.82, 2.24) is 31.4 Å². The van der Waals surface area contributed by atoms with Crippen molar-refractivity contribution in [2.45, 2.75) is 194 Å². The van der Waals surface area contributed by atoms with E-state index in [1.54, 1.807) is 58.1 Å². The number of rotatable bonds is 15. The fourth-order valence-corrected chi connectivity index (χ4v) is 10.8. The van der Waals surface area contributed by atoms with Gasteiger partial charge in [0.1, 0.15) is 35.8 Å². The Morgan fingerprint density at radius 3 is 2.41 bits per heavy atom. The fraction of sp³-hybridized carbons (Fsp3) is 0.644. The maximum absolute atomic E-state index is 14.5. The summed E-state index contributed by atoms with van der Waals surface area (Å²) in [6, 6.07) is 1.03. The molecule has 0 aliphatic carbocycles. The first-order chi connectivity index (χ1) is 36.9. The van der Waals surface area contributed by atoms with Crippen LogP contribution in [0.3, 0.4) is 0 Å². The van der Waals surface area contributed by atoms with Crippen LogP contribution >= 0.6 is 0 Å². The molecule has 2 bridgehead atoms. The molecule has 78 heavy (non-hydrogen) atoms. The molecule has 1 aromatic heterocycles. The molecule has 1 aromatic rings.